The lowest BCUT2D eigenvalue weighted by molar-refractivity contribution is -0.137. The number of hydrogen-bond donors (Lipinski definition) is 1. The van der Waals surface area contributed by atoms with Crippen LogP contribution in [-0.2, 0) is 11.8 Å². The molecule has 1 heterocycles. The first-order valence-electron chi connectivity index (χ1n) is 5.51. The van der Waals surface area contributed by atoms with Gasteiger partial charge in [0.1, 0.15) is 5.60 Å². The van der Waals surface area contributed by atoms with Crippen LogP contribution < -0.4 is 0 Å². The molecule has 1 N–H and O–H groups in total. The molecule has 0 aliphatic heterocycles. The highest BCUT2D eigenvalue weighted by atomic mass is 19.4. The molecule has 7 heteroatoms. The Bertz CT molecular complexity index is 567. The lowest BCUT2D eigenvalue weighted by Gasteiger charge is -2.18. The Kier molecular flexibility index (Phi) is 3.09. The van der Waals surface area contributed by atoms with Crippen molar-refractivity contribution in [3.05, 3.63) is 41.7 Å². The Hall–Kier alpha value is -1.89. The van der Waals surface area contributed by atoms with E-state index in [1.807, 2.05) is 0 Å². The predicted molar refractivity (Wildman–Crippen MR) is 61.6 cm³/mol. The number of rotatable bonds is 2. The summed E-state index contributed by atoms with van der Waals surface area (Å²) in [6.07, 6.45) is -3.00. The van der Waals surface area contributed by atoms with E-state index in [-0.39, 0.29) is 0 Å². The molecule has 1 aromatic heterocycles. The van der Waals surface area contributed by atoms with Crippen molar-refractivity contribution in [2.75, 3.05) is 0 Å². The monoisotopic (exact) mass is 271 g/mol. The van der Waals surface area contributed by atoms with Crippen LogP contribution in [0.15, 0.2) is 30.5 Å². The quantitative estimate of drug-likeness (QED) is 0.913. The summed E-state index contributed by atoms with van der Waals surface area (Å²) in [6.45, 7) is 3.10. The molecule has 0 amide bonds. The molecule has 19 heavy (non-hydrogen) atoms. The van der Waals surface area contributed by atoms with E-state index in [0.717, 1.165) is 12.1 Å². The van der Waals surface area contributed by atoms with E-state index in [4.69, 9.17) is 0 Å². The summed E-state index contributed by atoms with van der Waals surface area (Å²) in [6, 6.07) is 4.50. The number of nitrogens with zero attached hydrogens (tertiary/aromatic N) is 3. The third-order valence-corrected chi connectivity index (χ3v) is 2.62. The van der Waals surface area contributed by atoms with Crippen molar-refractivity contribution in [2.45, 2.75) is 25.6 Å². The van der Waals surface area contributed by atoms with Crippen molar-refractivity contribution in [1.82, 2.24) is 15.0 Å². The Morgan fingerprint density at radius 1 is 1.11 bits per heavy atom. The molecule has 0 fully saturated rings. The zero-order chi connectivity index (χ0) is 14.3. The topological polar surface area (TPSA) is 50.9 Å². The van der Waals surface area contributed by atoms with Gasteiger partial charge < -0.3 is 5.11 Å². The first-order chi connectivity index (χ1) is 8.69. The SMILES string of the molecule is CC(C)(O)c1cnnn1-c1ccc(C(F)(F)F)cc1. The van der Waals surface area contributed by atoms with Crippen LogP contribution in [0.25, 0.3) is 5.69 Å². The summed E-state index contributed by atoms with van der Waals surface area (Å²) >= 11 is 0. The van der Waals surface area contributed by atoms with E-state index >= 15 is 0 Å². The van der Waals surface area contributed by atoms with Gasteiger partial charge in [0, 0.05) is 0 Å². The van der Waals surface area contributed by atoms with Crippen molar-refractivity contribution < 1.29 is 18.3 Å². The number of benzene rings is 1. The number of hydrogen-bond acceptors (Lipinski definition) is 3. The summed E-state index contributed by atoms with van der Waals surface area (Å²) in [5, 5.41) is 17.4. The van der Waals surface area contributed by atoms with Crippen molar-refractivity contribution >= 4 is 0 Å². The maximum atomic E-state index is 12.5. The Balaban J connectivity index is 2.42. The van der Waals surface area contributed by atoms with E-state index in [1.165, 1.54) is 23.0 Å². The van der Waals surface area contributed by atoms with Gasteiger partial charge in [-0.05, 0) is 38.1 Å². The second-order valence-corrected chi connectivity index (χ2v) is 4.63. The average Bonchev–Trinajstić information content (AvgIpc) is 2.76. The lowest BCUT2D eigenvalue weighted by Crippen LogP contribution is -2.20. The molecule has 102 valence electrons. The molecule has 0 radical (unpaired) electrons. The maximum Gasteiger partial charge on any atom is 0.416 e. The molecule has 2 aromatic rings. The van der Waals surface area contributed by atoms with E-state index in [9.17, 15) is 18.3 Å². The minimum absolute atomic E-state index is 0.396. The van der Waals surface area contributed by atoms with E-state index in [2.05, 4.69) is 10.3 Å². The third kappa shape index (κ3) is 2.76. The number of alkyl halides is 3. The average molecular weight is 271 g/mol. The third-order valence-electron chi connectivity index (χ3n) is 2.62. The normalized spacial score (nSPS) is 12.7. The fourth-order valence-corrected chi connectivity index (χ4v) is 1.63. The number of aliphatic hydroxyl groups is 1. The number of halogens is 3. The van der Waals surface area contributed by atoms with Crippen LogP contribution >= 0.6 is 0 Å². The zero-order valence-corrected chi connectivity index (χ0v) is 10.3. The van der Waals surface area contributed by atoms with Crippen molar-refractivity contribution in [3.63, 3.8) is 0 Å². The first-order valence-corrected chi connectivity index (χ1v) is 5.51. The summed E-state index contributed by atoms with van der Waals surface area (Å²) in [5.41, 5.74) is -1.12. The maximum absolute atomic E-state index is 12.5. The smallest absolute Gasteiger partial charge is 0.384 e. The van der Waals surface area contributed by atoms with Gasteiger partial charge in [-0.1, -0.05) is 5.21 Å². The summed E-state index contributed by atoms with van der Waals surface area (Å²) in [5.74, 6) is 0. The molecule has 4 nitrogen and oxygen atoms in total. The van der Waals surface area contributed by atoms with Gasteiger partial charge in [-0.3, -0.25) is 0 Å². The Morgan fingerprint density at radius 3 is 2.16 bits per heavy atom. The van der Waals surface area contributed by atoms with Gasteiger partial charge in [-0.25, -0.2) is 4.68 Å². The minimum atomic E-state index is -4.38. The van der Waals surface area contributed by atoms with E-state index in [0.29, 0.717) is 11.4 Å². The van der Waals surface area contributed by atoms with Gasteiger partial charge in [0.2, 0.25) is 0 Å². The second kappa shape index (κ2) is 4.34. The minimum Gasteiger partial charge on any atom is -0.384 e. The highest BCUT2D eigenvalue weighted by Gasteiger charge is 2.30. The molecule has 0 bridgehead atoms. The van der Waals surface area contributed by atoms with Crippen LogP contribution in [0.2, 0.25) is 0 Å². The molecule has 0 saturated heterocycles. The van der Waals surface area contributed by atoms with Crippen LogP contribution in [0, 0.1) is 0 Å². The van der Waals surface area contributed by atoms with Crippen LogP contribution in [-0.4, -0.2) is 20.1 Å². The zero-order valence-electron chi connectivity index (χ0n) is 10.3. The van der Waals surface area contributed by atoms with Gasteiger partial charge in [-0.2, -0.15) is 13.2 Å². The Morgan fingerprint density at radius 2 is 1.68 bits per heavy atom. The van der Waals surface area contributed by atoms with Crippen molar-refractivity contribution in [1.29, 1.82) is 0 Å². The molecule has 0 atom stereocenters. The standard InChI is InChI=1S/C12H12F3N3O/c1-11(2,19)10-7-16-17-18(10)9-5-3-8(4-6-9)12(13,14)15/h3-7,19H,1-2H3. The highest BCUT2D eigenvalue weighted by molar-refractivity contribution is 5.36. The fourth-order valence-electron chi connectivity index (χ4n) is 1.63. The molecule has 1 aromatic carbocycles. The van der Waals surface area contributed by atoms with Gasteiger partial charge in [0.25, 0.3) is 0 Å². The molecule has 0 aliphatic rings. The van der Waals surface area contributed by atoms with Gasteiger partial charge in [0.05, 0.1) is 23.1 Å². The summed E-state index contributed by atoms with van der Waals surface area (Å²) in [4.78, 5) is 0. The van der Waals surface area contributed by atoms with Gasteiger partial charge in [0.15, 0.2) is 0 Å². The van der Waals surface area contributed by atoms with E-state index in [1.54, 1.807) is 13.8 Å². The molecular formula is C12H12F3N3O. The highest BCUT2D eigenvalue weighted by Crippen LogP contribution is 2.30. The largest absolute Gasteiger partial charge is 0.416 e. The lowest BCUT2D eigenvalue weighted by atomic mass is 10.1. The van der Waals surface area contributed by atoms with Crippen LogP contribution in [0.3, 0.4) is 0 Å². The predicted octanol–water partition coefficient (Wildman–Crippen LogP) is 2.51. The Labute approximate surface area is 107 Å². The molecular weight excluding hydrogens is 259 g/mol. The van der Waals surface area contributed by atoms with Crippen LogP contribution in [0.1, 0.15) is 25.1 Å². The summed E-state index contributed by atoms with van der Waals surface area (Å²) in [7, 11) is 0. The molecule has 0 spiro atoms. The molecule has 0 aliphatic carbocycles. The fraction of sp³-hybridized carbons (Fsp3) is 0.333. The number of aromatic nitrogens is 3. The van der Waals surface area contributed by atoms with Crippen molar-refractivity contribution in [3.8, 4) is 5.69 Å². The molecule has 2 rings (SSSR count). The molecule has 0 unspecified atom stereocenters. The van der Waals surface area contributed by atoms with Gasteiger partial charge >= 0.3 is 6.18 Å². The molecule has 0 saturated carbocycles. The van der Waals surface area contributed by atoms with Gasteiger partial charge in [-0.15, -0.1) is 5.10 Å². The second-order valence-electron chi connectivity index (χ2n) is 4.63. The van der Waals surface area contributed by atoms with E-state index < -0.39 is 17.3 Å². The summed E-state index contributed by atoms with van der Waals surface area (Å²) < 4.78 is 38.7. The van der Waals surface area contributed by atoms with Crippen LogP contribution in [0.5, 0.6) is 0 Å². The van der Waals surface area contributed by atoms with Crippen LogP contribution in [0.4, 0.5) is 13.2 Å². The first kappa shape index (κ1) is 13.5. The van der Waals surface area contributed by atoms with Crippen molar-refractivity contribution in [2.24, 2.45) is 0 Å².